The van der Waals surface area contributed by atoms with Crippen molar-refractivity contribution in [2.24, 2.45) is 7.05 Å². The number of hydrogen-bond acceptors (Lipinski definition) is 4. The predicted molar refractivity (Wildman–Crippen MR) is 69.3 cm³/mol. The van der Waals surface area contributed by atoms with Gasteiger partial charge in [-0.1, -0.05) is 18.2 Å². The van der Waals surface area contributed by atoms with E-state index in [-0.39, 0.29) is 0 Å². The van der Waals surface area contributed by atoms with Crippen LogP contribution in [-0.4, -0.2) is 21.5 Å². The van der Waals surface area contributed by atoms with Crippen molar-refractivity contribution in [2.45, 2.75) is 13.0 Å². The smallest absolute Gasteiger partial charge is 0.127 e. The van der Waals surface area contributed by atoms with Gasteiger partial charge in [-0.25, -0.2) is 0 Å². The molecule has 0 fully saturated rings. The van der Waals surface area contributed by atoms with E-state index in [4.69, 9.17) is 10.5 Å². The van der Waals surface area contributed by atoms with Crippen LogP contribution in [0.25, 0.3) is 0 Å². The summed E-state index contributed by atoms with van der Waals surface area (Å²) in [6.45, 7) is 2.45. The minimum absolute atomic E-state index is 0.453. The number of nitrogens with zero attached hydrogens (tertiary/aromatic N) is 2. The molecule has 0 aliphatic carbocycles. The van der Waals surface area contributed by atoms with Gasteiger partial charge in [0.15, 0.2) is 0 Å². The summed E-state index contributed by atoms with van der Waals surface area (Å²) in [6.07, 6.45) is 0.740. The second-order valence-corrected chi connectivity index (χ2v) is 3.98. The molecule has 1 unspecified atom stereocenters. The van der Waals surface area contributed by atoms with E-state index in [0.29, 0.717) is 29.3 Å². The average Bonchev–Trinajstić information content (AvgIpc) is 2.70. The van der Waals surface area contributed by atoms with E-state index in [9.17, 15) is 5.11 Å². The SMILES string of the molecule is CCOc1ccccc1C(O)c1cnn(C)c1N. The molecule has 1 heterocycles. The highest BCUT2D eigenvalue weighted by Gasteiger charge is 2.19. The summed E-state index contributed by atoms with van der Waals surface area (Å²) < 4.78 is 7.03. The molecule has 0 spiro atoms. The molecule has 96 valence electrons. The van der Waals surface area contributed by atoms with E-state index in [0.717, 1.165) is 0 Å². The monoisotopic (exact) mass is 247 g/mol. The molecule has 5 heteroatoms. The number of anilines is 1. The average molecular weight is 247 g/mol. The maximum atomic E-state index is 10.4. The van der Waals surface area contributed by atoms with Gasteiger partial charge in [0.2, 0.25) is 0 Å². The molecule has 0 radical (unpaired) electrons. The van der Waals surface area contributed by atoms with Gasteiger partial charge in [0, 0.05) is 18.2 Å². The van der Waals surface area contributed by atoms with Crippen LogP contribution in [0.1, 0.15) is 24.2 Å². The largest absolute Gasteiger partial charge is 0.493 e. The lowest BCUT2D eigenvalue weighted by molar-refractivity contribution is 0.212. The molecule has 2 rings (SSSR count). The molecule has 1 atom stereocenters. The number of aryl methyl sites for hydroxylation is 1. The van der Waals surface area contributed by atoms with Crippen molar-refractivity contribution >= 4 is 5.82 Å². The summed E-state index contributed by atoms with van der Waals surface area (Å²) in [5.41, 5.74) is 7.15. The van der Waals surface area contributed by atoms with Gasteiger partial charge >= 0.3 is 0 Å². The fourth-order valence-corrected chi connectivity index (χ4v) is 1.84. The Balaban J connectivity index is 2.39. The second kappa shape index (κ2) is 5.10. The minimum Gasteiger partial charge on any atom is -0.493 e. The number of ether oxygens (including phenoxy) is 1. The molecule has 18 heavy (non-hydrogen) atoms. The van der Waals surface area contributed by atoms with E-state index in [1.54, 1.807) is 13.2 Å². The molecule has 0 saturated heterocycles. The zero-order valence-corrected chi connectivity index (χ0v) is 10.5. The molecule has 2 aromatic rings. The van der Waals surface area contributed by atoms with Gasteiger partial charge in [-0.3, -0.25) is 4.68 Å². The van der Waals surface area contributed by atoms with Crippen LogP contribution in [-0.2, 0) is 7.05 Å². The number of rotatable bonds is 4. The van der Waals surface area contributed by atoms with Crippen molar-refractivity contribution in [3.63, 3.8) is 0 Å². The molecule has 3 N–H and O–H groups in total. The van der Waals surface area contributed by atoms with Gasteiger partial charge in [-0.15, -0.1) is 0 Å². The summed E-state index contributed by atoms with van der Waals surface area (Å²) in [5, 5.41) is 14.4. The van der Waals surface area contributed by atoms with Crippen LogP contribution < -0.4 is 10.5 Å². The Hall–Kier alpha value is -2.01. The topological polar surface area (TPSA) is 73.3 Å². The number of benzene rings is 1. The maximum absolute atomic E-state index is 10.4. The Morgan fingerprint density at radius 3 is 2.72 bits per heavy atom. The van der Waals surface area contributed by atoms with E-state index in [1.807, 2.05) is 31.2 Å². The van der Waals surface area contributed by atoms with Gasteiger partial charge in [0.05, 0.1) is 12.8 Å². The van der Waals surface area contributed by atoms with Gasteiger partial charge in [0.1, 0.15) is 17.7 Å². The van der Waals surface area contributed by atoms with E-state index < -0.39 is 6.10 Å². The van der Waals surface area contributed by atoms with Crippen LogP contribution >= 0.6 is 0 Å². The molecule has 1 aromatic carbocycles. The third kappa shape index (κ3) is 2.17. The van der Waals surface area contributed by atoms with E-state index >= 15 is 0 Å². The Kier molecular flexibility index (Phi) is 3.53. The Morgan fingerprint density at radius 2 is 2.11 bits per heavy atom. The quantitative estimate of drug-likeness (QED) is 0.858. The van der Waals surface area contributed by atoms with Gasteiger partial charge in [-0.05, 0) is 13.0 Å². The van der Waals surface area contributed by atoms with Crippen LogP contribution in [0.3, 0.4) is 0 Å². The first kappa shape index (κ1) is 12.4. The highest BCUT2D eigenvalue weighted by Crippen LogP contribution is 2.32. The molecule has 0 aliphatic rings. The van der Waals surface area contributed by atoms with Crippen molar-refractivity contribution in [1.82, 2.24) is 9.78 Å². The Bertz CT molecular complexity index is 537. The fraction of sp³-hybridized carbons (Fsp3) is 0.308. The summed E-state index contributed by atoms with van der Waals surface area (Å²) in [5.74, 6) is 1.12. The van der Waals surface area contributed by atoms with Gasteiger partial charge < -0.3 is 15.6 Å². The first-order valence-corrected chi connectivity index (χ1v) is 5.82. The van der Waals surface area contributed by atoms with Crippen LogP contribution in [0.2, 0.25) is 0 Å². The first-order chi connectivity index (χ1) is 8.65. The normalized spacial score (nSPS) is 12.4. The molecule has 0 amide bonds. The molecular weight excluding hydrogens is 230 g/mol. The minimum atomic E-state index is -0.832. The highest BCUT2D eigenvalue weighted by molar-refractivity contribution is 5.47. The highest BCUT2D eigenvalue weighted by atomic mass is 16.5. The third-order valence-electron chi connectivity index (χ3n) is 2.82. The number of aliphatic hydroxyl groups excluding tert-OH is 1. The zero-order chi connectivity index (χ0) is 13.1. The molecule has 1 aromatic heterocycles. The van der Waals surface area contributed by atoms with Crippen molar-refractivity contribution in [1.29, 1.82) is 0 Å². The summed E-state index contributed by atoms with van der Waals surface area (Å²) >= 11 is 0. The number of hydrogen-bond donors (Lipinski definition) is 2. The molecule has 0 aliphatic heterocycles. The molecule has 0 bridgehead atoms. The fourth-order valence-electron chi connectivity index (χ4n) is 1.84. The van der Waals surface area contributed by atoms with Crippen LogP contribution in [0.15, 0.2) is 30.5 Å². The number of nitrogens with two attached hydrogens (primary N) is 1. The van der Waals surface area contributed by atoms with Crippen molar-refractivity contribution < 1.29 is 9.84 Å². The lowest BCUT2D eigenvalue weighted by atomic mass is 10.0. The molecular formula is C13H17N3O2. The van der Waals surface area contributed by atoms with E-state index in [1.165, 1.54) is 4.68 Å². The maximum Gasteiger partial charge on any atom is 0.127 e. The van der Waals surface area contributed by atoms with E-state index in [2.05, 4.69) is 5.10 Å². The molecule has 0 saturated carbocycles. The number of nitrogen functional groups attached to an aromatic ring is 1. The summed E-state index contributed by atoms with van der Waals surface area (Å²) in [6, 6.07) is 7.37. The van der Waals surface area contributed by atoms with Gasteiger partial charge in [0.25, 0.3) is 0 Å². The standard InChI is InChI=1S/C13H17N3O2/c1-3-18-11-7-5-4-6-9(11)12(17)10-8-15-16(2)13(10)14/h4-8,12,17H,3,14H2,1-2H3. The zero-order valence-electron chi connectivity index (χ0n) is 10.5. The third-order valence-corrected chi connectivity index (χ3v) is 2.82. The summed E-state index contributed by atoms with van der Waals surface area (Å²) in [4.78, 5) is 0. The Morgan fingerprint density at radius 1 is 1.39 bits per heavy atom. The first-order valence-electron chi connectivity index (χ1n) is 5.82. The van der Waals surface area contributed by atoms with Crippen molar-refractivity contribution in [3.05, 3.63) is 41.6 Å². The van der Waals surface area contributed by atoms with Crippen LogP contribution in [0.4, 0.5) is 5.82 Å². The Labute approximate surface area is 106 Å². The van der Waals surface area contributed by atoms with Crippen LogP contribution in [0, 0.1) is 0 Å². The number of aromatic nitrogens is 2. The number of aliphatic hydroxyl groups is 1. The predicted octanol–water partition coefficient (Wildman–Crippen LogP) is 1.48. The van der Waals surface area contributed by atoms with Crippen molar-refractivity contribution in [2.75, 3.05) is 12.3 Å². The van der Waals surface area contributed by atoms with Crippen LogP contribution in [0.5, 0.6) is 5.75 Å². The second-order valence-electron chi connectivity index (χ2n) is 3.98. The number of para-hydroxylation sites is 1. The lowest BCUT2D eigenvalue weighted by Crippen LogP contribution is -2.06. The molecule has 5 nitrogen and oxygen atoms in total. The van der Waals surface area contributed by atoms with Gasteiger partial charge in [-0.2, -0.15) is 5.10 Å². The lowest BCUT2D eigenvalue weighted by Gasteiger charge is -2.15. The van der Waals surface area contributed by atoms with Crippen molar-refractivity contribution in [3.8, 4) is 5.75 Å². The summed E-state index contributed by atoms with van der Waals surface area (Å²) in [7, 11) is 1.74.